The molecule has 25 heavy (non-hydrogen) atoms. The number of carbonyl (C=O) groups is 1. The molecule has 1 amide bonds. The summed E-state index contributed by atoms with van der Waals surface area (Å²) in [5.41, 5.74) is 1.96. The molecular formula is C18H24N4O2S. The van der Waals surface area contributed by atoms with Gasteiger partial charge in [-0.1, -0.05) is 23.5 Å². The summed E-state index contributed by atoms with van der Waals surface area (Å²) in [4.78, 5) is 15.6. The molecule has 1 atom stereocenters. The van der Waals surface area contributed by atoms with Crippen LogP contribution in [0.2, 0.25) is 0 Å². The molecule has 2 heterocycles. The van der Waals surface area contributed by atoms with Crippen LogP contribution in [0.15, 0.2) is 24.3 Å². The Labute approximate surface area is 152 Å². The number of hydrogen-bond acceptors (Lipinski definition) is 6. The molecule has 0 aliphatic carbocycles. The molecule has 7 heteroatoms. The van der Waals surface area contributed by atoms with E-state index in [2.05, 4.69) is 31.9 Å². The quantitative estimate of drug-likeness (QED) is 0.822. The first-order valence-electron chi connectivity index (χ1n) is 8.70. The van der Waals surface area contributed by atoms with Gasteiger partial charge in [0.1, 0.15) is 10.6 Å². The summed E-state index contributed by atoms with van der Waals surface area (Å²) in [6.07, 6.45) is 3.13. The van der Waals surface area contributed by atoms with Crippen LogP contribution in [0, 0.1) is 0 Å². The highest BCUT2D eigenvalue weighted by Gasteiger charge is 2.25. The van der Waals surface area contributed by atoms with Gasteiger partial charge in [0.2, 0.25) is 0 Å². The van der Waals surface area contributed by atoms with Crippen LogP contribution in [0.1, 0.15) is 46.7 Å². The maximum absolute atomic E-state index is 12.5. The minimum Gasteiger partial charge on any atom is -0.497 e. The van der Waals surface area contributed by atoms with Crippen LogP contribution in [0.5, 0.6) is 5.75 Å². The van der Waals surface area contributed by atoms with E-state index in [1.807, 2.05) is 19.1 Å². The van der Waals surface area contributed by atoms with E-state index in [1.165, 1.54) is 18.4 Å². The predicted molar refractivity (Wildman–Crippen MR) is 98.2 cm³/mol. The van der Waals surface area contributed by atoms with E-state index in [9.17, 15) is 4.79 Å². The number of hydrogen-bond donors (Lipinski definition) is 1. The number of aryl methyl sites for hydroxylation is 1. The van der Waals surface area contributed by atoms with Gasteiger partial charge in [-0.2, -0.15) is 0 Å². The zero-order chi connectivity index (χ0) is 17.6. The molecule has 1 aromatic carbocycles. The number of carbonyl (C=O) groups excluding carboxylic acids is 1. The van der Waals surface area contributed by atoms with Crippen LogP contribution in [-0.2, 0) is 6.42 Å². The highest BCUT2D eigenvalue weighted by Crippen LogP contribution is 2.26. The standard InChI is InChI=1S/C18H24N4O2S/c1-3-15-17(25-21-20-15)18(23)19-12-16(22-10-4-5-11-22)13-6-8-14(24-2)9-7-13/h6-9,16H,3-5,10-12H2,1-2H3,(H,19,23). The third-order valence-corrected chi connectivity index (χ3v) is 5.40. The van der Waals surface area contributed by atoms with Crippen molar-refractivity contribution in [3.05, 3.63) is 40.4 Å². The first-order valence-corrected chi connectivity index (χ1v) is 9.47. The third-order valence-electron chi connectivity index (χ3n) is 4.63. The largest absolute Gasteiger partial charge is 0.497 e. The van der Waals surface area contributed by atoms with Crippen molar-refractivity contribution in [3.63, 3.8) is 0 Å². The average molecular weight is 360 g/mol. The van der Waals surface area contributed by atoms with E-state index in [0.717, 1.165) is 36.1 Å². The fraction of sp³-hybridized carbons (Fsp3) is 0.500. The van der Waals surface area contributed by atoms with Crippen LogP contribution >= 0.6 is 11.5 Å². The molecule has 6 nitrogen and oxygen atoms in total. The summed E-state index contributed by atoms with van der Waals surface area (Å²) < 4.78 is 9.15. The molecule has 1 fully saturated rings. The van der Waals surface area contributed by atoms with E-state index in [-0.39, 0.29) is 11.9 Å². The summed E-state index contributed by atoms with van der Waals surface area (Å²) in [5.74, 6) is 0.765. The van der Waals surface area contributed by atoms with Crippen molar-refractivity contribution in [2.24, 2.45) is 0 Å². The lowest BCUT2D eigenvalue weighted by molar-refractivity contribution is 0.0941. The summed E-state index contributed by atoms with van der Waals surface area (Å²) in [5, 5.41) is 7.10. The van der Waals surface area contributed by atoms with Gasteiger partial charge in [-0.05, 0) is 61.6 Å². The van der Waals surface area contributed by atoms with Crippen molar-refractivity contribution in [1.29, 1.82) is 0 Å². The van der Waals surface area contributed by atoms with Crippen LogP contribution in [0.4, 0.5) is 0 Å². The minimum absolute atomic E-state index is 0.0791. The predicted octanol–water partition coefficient (Wildman–Crippen LogP) is 2.68. The lowest BCUT2D eigenvalue weighted by atomic mass is 10.1. The second kappa shape index (κ2) is 8.40. The van der Waals surface area contributed by atoms with Crippen molar-refractivity contribution in [1.82, 2.24) is 19.8 Å². The van der Waals surface area contributed by atoms with Gasteiger partial charge in [-0.25, -0.2) is 0 Å². The lowest BCUT2D eigenvalue weighted by Crippen LogP contribution is -2.36. The van der Waals surface area contributed by atoms with E-state index in [1.54, 1.807) is 7.11 Å². The number of methoxy groups -OCH3 is 1. The lowest BCUT2D eigenvalue weighted by Gasteiger charge is -2.28. The Morgan fingerprint density at radius 2 is 2.04 bits per heavy atom. The Kier molecular flexibility index (Phi) is 5.99. The van der Waals surface area contributed by atoms with Crippen LogP contribution < -0.4 is 10.1 Å². The zero-order valence-electron chi connectivity index (χ0n) is 14.7. The number of nitrogens with one attached hydrogen (secondary N) is 1. The highest BCUT2D eigenvalue weighted by atomic mass is 32.1. The first kappa shape index (κ1) is 17.8. The minimum atomic E-state index is -0.0791. The molecule has 1 unspecified atom stereocenters. The molecule has 0 radical (unpaired) electrons. The molecule has 0 spiro atoms. The Bertz CT molecular complexity index is 695. The number of likely N-dealkylation sites (tertiary alicyclic amines) is 1. The molecule has 1 aliphatic rings. The summed E-state index contributed by atoms with van der Waals surface area (Å²) in [6.45, 7) is 4.69. The molecule has 1 aliphatic heterocycles. The van der Waals surface area contributed by atoms with Crippen LogP contribution in [0.25, 0.3) is 0 Å². The maximum atomic E-state index is 12.5. The maximum Gasteiger partial charge on any atom is 0.265 e. The molecule has 3 rings (SSSR count). The molecule has 1 N–H and O–H groups in total. The fourth-order valence-corrected chi connectivity index (χ4v) is 3.89. The smallest absolute Gasteiger partial charge is 0.265 e. The number of ether oxygens (including phenoxy) is 1. The van der Waals surface area contributed by atoms with E-state index in [0.29, 0.717) is 17.8 Å². The number of aromatic nitrogens is 2. The molecule has 0 bridgehead atoms. The van der Waals surface area contributed by atoms with Gasteiger partial charge in [0.25, 0.3) is 5.91 Å². The van der Waals surface area contributed by atoms with Gasteiger partial charge in [0.15, 0.2) is 0 Å². The van der Waals surface area contributed by atoms with E-state index in [4.69, 9.17) is 4.74 Å². The fourth-order valence-electron chi connectivity index (χ4n) is 3.22. The van der Waals surface area contributed by atoms with Gasteiger partial charge in [0.05, 0.1) is 18.8 Å². The molecular weight excluding hydrogens is 336 g/mol. The number of benzene rings is 1. The van der Waals surface area contributed by atoms with Crippen molar-refractivity contribution in [2.75, 3.05) is 26.7 Å². The Balaban J connectivity index is 1.72. The van der Waals surface area contributed by atoms with Gasteiger partial charge >= 0.3 is 0 Å². The van der Waals surface area contributed by atoms with Crippen LogP contribution in [0.3, 0.4) is 0 Å². The number of amides is 1. The van der Waals surface area contributed by atoms with E-state index >= 15 is 0 Å². The molecule has 1 saturated heterocycles. The molecule has 134 valence electrons. The number of nitrogens with zero attached hydrogens (tertiary/aromatic N) is 3. The SMILES string of the molecule is CCc1nnsc1C(=O)NCC(c1ccc(OC)cc1)N1CCCC1. The van der Waals surface area contributed by atoms with Gasteiger partial charge in [0, 0.05) is 6.54 Å². The van der Waals surface area contributed by atoms with E-state index < -0.39 is 0 Å². The Hall–Kier alpha value is -1.99. The van der Waals surface area contributed by atoms with Crippen molar-refractivity contribution in [2.45, 2.75) is 32.2 Å². The van der Waals surface area contributed by atoms with Crippen molar-refractivity contribution < 1.29 is 9.53 Å². The second-order valence-electron chi connectivity index (χ2n) is 6.14. The normalized spacial score (nSPS) is 15.9. The highest BCUT2D eigenvalue weighted by molar-refractivity contribution is 7.08. The number of rotatable bonds is 7. The monoisotopic (exact) mass is 360 g/mol. The summed E-state index contributed by atoms with van der Waals surface area (Å²) >= 11 is 1.16. The van der Waals surface area contributed by atoms with Crippen LogP contribution in [-0.4, -0.2) is 47.1 Å². The molecule has 2 aromatic rings. The van der Waals surface area contributed by atoms with Crippen molar-refractivity contribution in [3.8, 4) is 5.75 Å². The molecule has 0 saturated carbocycles. The Morgan fingerprint density at radius 3 is 2.68 bits per heavy atom. The Morgan fingerprint density at radius 1 is 1.32 bits per heavy atom. The second-order valence-corrected chi connectivity index (χ2v) is 6.90. The zero-order valence-corrected chi connectivity index (χ0v) is 15.5. The third kappa shape index (κ3) is 4.16. The van der Waals surface area contributed by atoms with Gasteiger partial charge in [-0.3, -0.25) is 9.69 Å². The summed E-state index contributed by atoms with van der Waals surface area (Å²) in [6, 6.07) is 8.29. The molecule has 1 aromatic heterocycles. The first-order chi connectivity index (χ1) is 12.2. The topological polar surface area (TPSA) is 67.3 Å². The van der Waals surface area contributed by atoms with Gasteiger partial charge < -0.3 is 10.1 Å². The van der Waals surface area contributed by atoms with Gasteiger partial charge in [-0.15, -0.1) is 5.10 Å². The van der Waals surface area contributed by atoms with Crippen molar-refractivity contribution >= 4 is 17.4 Å². The summed E-state index contributed by atoms with van der Waals surface area (Å²) in [7, 11) is 1.67. The average Bonchev–Trinajstić information content (AvgIpc) is 3.34.